The fraction of sp³-hybridized carbons (Fsp3) is 0.464. The van der Waals surface area contributed by atoms with E-state index < -0.39 is 0 Å². The average molecular weight is 462 g/mol. The first-order chi connectivity index (χ1) is 16.7. The van der Waals surface area contributed by atoms with Gasteiger partial charge in [-0.15, -0.1) is 0 Å². The molecule has 3 aromatic rings. The highest BCUT2D eigenvalue weighted by Gasteiger charge is 2.16. The van der Waals surface area contributed by atoms with Crippen LogP contribution in [0.1, 0.15) is 43.4 Å². The van der Waals surface area contributed by atoms with Crippen LogP contribution in [0.5, 0.6) is 11.5 Å². The van der Waals surface area contributed by atoms with Gasteiger partial charge in [-0.3, -0.25) is 0 Å². The Kier molecular flexibility index (Phi) is 7.16. The molecule has 0 bridgehead atoms. The van der Waals surface area contributed by atoms with Gasteiger partial charge in [-0.2, -0.15) is 0 Å². The molecule has 5 rings (SSSR count). The van der Waals surface area contributed by atoms with Crippen molar-refractivity contribution in [1.82, 2.24) is 15.2 Å². The Labute approximate surface area is 201 Å². The van der Waals surface area contributed by atoms with Gasteiger partial charge >= 0.3 is 0 Å². The maximum Gasteiger partial charge on any atom is 0.163 e. The van der Waals surface area contributed by atoms with E-state index in [0.29, 0.717) is 6.61 Å². The Morgan fingerprint density at radius 2 is 1.91 bits per heavy atom. The minimum Gasteiger partial charge on any atom is -0.493 e. The first kappa shape index (κ1) is 22.9. The van der Waals surface area contributed by atoms with Gasteiger partial charge in [-0.25, -0.2) is 4.98 Å². The summed E-state index contributed by atoms with van der Waals surface area (Å²) in [4.78, 5) is 7.48. The second-order valence-corrected chi connectivity index (χ2v) is 9.33. The molecule has 2 aromatic heterocycles. The highest BCUT2D eigenvalue weighted by molar-refractivity contribution is 5.92. The van der Waals surface area contributed by atoms with E-state index in [4.69, 9.17) is 18.9 Å². The second-order valence-electron chi connectivity index (χ2n) is 9.33. The number of fused-ring (bicyclic) bond motifs is 1. The van der Waals surface area contributed by atoms with Gasteiger partial charge in [0.2, 0.25) is 0 Å². The van der Waals surface area contributed by atoms with Crippen molar-refractivity contribution >= 4 is 17.0 Å². The van der Waals surface area contributed by atoms with Crippen LogP contribution in [0.3, 0.4) is 0 Å². The lowest BCUT2D eigenvalue weighted by Gasteiger charge is -2.17. The number of nitrogens with zero attached hydrogens (tertiary/aromatic N) is 2. The Bertz CT molecular complexity index is 1150. The number of benzene rings is 1. The summed E-state index contributed by atoms with van der Waals surface area (Å²) in [7, 11) is 1.70. The van der Waals surface area contributed by atoms with Crippen molar-refractivity contribution in [3.8, 4) is 23.0 Å². The van der Waals surface area contributed by atoms with E-state index in [9.17, 15) is 0 Å². The van der Waals surface area contributed by atoms with Gasteiger partial charge in [0.15, 0.2) is 17.3 Å². The smallest absolute Gasteiger partial charge is 0.163 e. The third kappa shape index (κ3) is 5.29. The number of pyridine rings is 1. The number of methoxy groups -OCH3 is 1. The van der Waals surface area contributed by atoms with E-state index in [1.54, 1.807) is 7.11 Å². The lowest BCUT2D eigenvalue weighted by molar-refractivity contribution is 0.254. The third-order valence-corrected chi connectivity index (χ3v) is 6.80. The van der Waals surface area contributed by atoms with Crippen molar-refractivity contribution in [2.24, 2.45) is 0 Å². The predicted octanol–water partition coefficient (Wildman–Crippen LogP) is 5.44. The van der Waals surface area contributed by atoms with Gasteiger partial charge in [-0.1, -0.05) is 11.6 Å². The van der Waals surface area contributed by atoms with E-state index in [1.807, 2.05) is 25.1 Å². The largest absolute Gasteiger partial charge is 0.493 e. The number of aryl methyl sites for hydroxylation is 1. The summed E-state index contributed by atoms with van der Waals surface area (Å²) < 4.78 is 17.8. The maximum absolute atomic E-state index is 6.20. The fourth-order valence-corrected chi connectivity index (χ4v) is 4.94. The molecule has 0 amide bonds. The zero-order chi connectivity index (χ0) is 23.3. The zero-order valence-electron chi connectivity index (χ0n) is 20.4. The SMILES string of the molecule is COc1cc2c(C=C3CCNCC3)cc(-c3ccc(C)o3)nc2cc1OCCCN1CCCC1. The molecule has 0 radical (unpaired) electrons. The van der Waals surface area contributed by atoms with E-state index in [2.05, 4.69) is 28.4 Å². The molecule has 6 heteroatoms. The first-order valence-electron chi connectivity index (χ1n) is 12.5. The molecule has 0 atom stereocenters. The van der Waals surface area contributed by atoms with Crippen LogP contribution < -0.4 is 14.8 Å². The van der Waals surface area contributed by atoms with Gasteiger partial charge < -0.3 is 24.1 Å². The summed E-state index contributed by atoms with van der Waals surface area (Å²) >= 11 is 0. The highest BCUT2D eigenvalue weighted by atomic mass is 16.5. The van der Waals surface area contributed by atoms with Crippen molar-refractivity contribution in [3.63, 3.8) is 0 Å². The van der Waals surface area contributed by atoms with Crippen LogP contribution in [0.15, 0.2) is 40.3 Å². The molecular weight excluding hydrogens is 426 g/mol. The summed E-state index contributed by atoms with van der Waals surface area (Å²) in [5.41, 5.74) is 4.33. The molecular formula is C28H35N3O3. The third-order valence-electron chi connectivity index (χ3n) is 6.80. The van der Waals surface area contributed by atoms with Gasteiger partial charge in [0, 0.05) is 18.0 Å². The van der Waals surface area contributed by atoms with Crippen LogP contribution in [0, 0.1) is 6.92 Å². The number of ether oxygens (including phenoxy) is 2. The number of likely N-dealkylation sites (tertiary alicyclic amines) is 1. The molecule has 0 spiro atoms. The molecule has 1 N–H and O–H groups in total. The number of piperidine rings is 1. The standard InChI is InChI=1S/C28H35N3O3/c1-20-6-7-26(34-20)25-17-22(16-21-8-10-29-11-9-21)23-18-27(32-2)28(19-24(23)30-25)33-15-5-14-31-12-3-4-13-31/h6-7,16-19,29H,3-5,8-15H2,1-2H3. The number of hydrogen-bond acceptors (Lipinski definition) is 6. The number of aromatic nitrogens is 1. The molecule has 0 saturated carbocycles. The van der Waals surface area contributed by atoms with Gasteiger partial charge in [0.25, 0.3) is 0 Å². The Morgan fingerprint density at radius 3 is 2.65 bits per heavy atom. The molecule has 2 fully saturated rings. The lowest BCUT2D eigenvalue weighted by atomic mass is 9.99. The second kappa shape index (κ2) is 10.6. The Morgan fingerprint density at radius 1 is 1.09 bits per heavy atom. The summed E-state index contributed by atoms with van der Waals surface area (Å²) in [6, 6.07) is 10.2. The van der Waals surface area contributed by atoms with Crippen LogP contribution in [-0.2, 0) is 0 Å². The van der Waals surface area contributed by atoms with Crippen LogP contribution in [0.25, 0.3) is 28.4 Å². The van der Waals surface area contributed by atoms with Gasteiger partial charge in [0.1, 0.15) is 11.5 Å². The molecule has 4 heterocycles. The normalized spacial score (nSPS) is 16.8. The average Bonchev–Trinajstić information content (AvgIpc) is 3.54. The highest BCUT2D eigenvalue weighted by Crippen LogP contribution is 2.36. The number of rotatable bonds is 8. The molecule has 2 aliphatic heterocycles. The van der Waals surface area contributed by atoms with Crippen LogP contribution >= 0.6 is 0 Å². The molecule has 1 aromatic carbocycles. The van der Waals surface area contributed by atoms with E-state index in [1.165, 1.54) is 31.5 Å². The number of furan rings is 1. The Balaban J connectivity index is 1.47. The van der Waals surface area contributed by atoms with Crippen LogP contribution in [-0.4, -0.2) is 56.3 Å². The summed E-state index contributed by atoms with van der Waals surface area (Å²) in [6.07, 6.45) is 8.09. The summed E-state index contributed by atoms with van der Waals surface area (Å²) in [5, 5.41) is 4.51. The van der Waals surface area contributed by atoms with Crippen molar-refractivity contribution in [1.29, 1.82) is 0 Å². The quantitative estimate of drug-likeness (QED) is 0.451. The summed E-state index contributed by atoms with van der Waals surface area (Å²) in [5.74, 6) is 3.17. The van der Waals surface area contributed by atoms with E-state index >= 15 is 0 Å². The topological polar surface area (TPSA) is 59.8 Å². The number of hydrogen-bond donors (Lipinski definition) is 1. The molecule has 2 aliphatic rings. The molecule has 0 unspecified atom stereocenters. The van der Waals surface area contributed by atoms with Gasteiger partial charge in [0.05, 0.1) is 19.2 Å². The lowest BCUT2D eigenvalue weighted by Crippen LogP contribution is -2.22. The maximum atomic E-state index is 6.20. The molecule has 2 saturated heterocycles. The van der Waals surface area contributed by atoms with E-state index in [0.717, 1.165) is 84.1 Å². The van der Waals surface area contributed by atoms with Crippen LogP contribution in [0.2, 0.25) is 0 Å². The molecule has 0 aliphatic carbocycles. The zero-order valence-corrected chi connectivity index (χ0v) is 20.4. The minimum atomic E-state index is 0.666. The van der Waals surface area contributed by atoms with Crippen LogP contribution in [0.4, 0.5) is 0 Å². The van der Waals surface area contributed by atoms with Crippen molar-refractivity contribution in [3.05, 3.63) is 47.2 Å². The van der Waals surface area contributed by atoms with Crippen molar-refractivity contribution in [2.75, 3.05) is 46.4 Å². The predicted molar refractivity (Wildman–Crippen MR) is 137 cm³/mol. The first-order valence-corrected chi connectivity index (χ1v) is 12.5. The van der Waals surface area contributed by atoms with Gasteiger partial charge in [-0.05, 0) is 95.0 Å². The monoisotopic (exact) mass is 461 g/mol. The molecule has 6 nitrogen and oxygen atoms in total. The van der Waals surface area contributed by atoms with Crippen molar-refractivity contribution in [2.45, 2.75) is 39.0 Å². The molecule has 180 valence electrons. The minimum absolute atomic E-state index is 0.666. The number of nitrogens with one attached hydrogen (secondary N) is 1. The van der Waals surface area contributed by atoms with E-state index in [-0.39, 0.29) is 0 Å². The summed E-state index contributed by atoms with van der Waals surface area (Å²) in [6.45, 7) is 8.19. The molecule has 34 heavy (non-hydrogen) atoms. The Hall–Kier alpha value is -2.83. The fourth-order valence-electron chi connectivity index (χ4n) is 4.94. The van der Waals surface area contributed by atoms with Crippen molar-refractivity contribution < 1.29 is 13.9 Å².